The minimum Gasteiger partial charge on any atom is -0.478 e. The van der Waals surface area contributed by atoms with Crippen LogP contribution in [0.25, 0.3) is 0 Å². The Balaban J connectivity index is 2.35. The second-order valence-corrected chi connectivity index (χ2v) is 8.64. The molecule has 0 radical (unpaired) electrons. The molecule has 1 fully saturated rings. The number of allylic oxidation sites excluding steroid dienone is 1. The molecule has 0 saturated heterocycles. The fraction of sp³-hybridized carbons (Fsp3) is 0.800. The maximum absolute atomic E-state index is 12.1. The van der Waals surface area contributed by atoms with Gasteiger partial charge < -0.3 is 10.2 Å². The van der Waals surface area contributed by atoms with Crippen LogP contribution in [0.5, 0.6) is 0 Å². The van der Waals surface area contributed by atoms with Crippen LogP contribution in [0.3, 0.4) is 0 Å². The largest absolute Gasteiger partial charge is 0.478 e. The summed E-state index contributed by atoms with van der Waals surface area (Å²) in [5, 5.41) is 19.6. The van der Waals surface area contributed by atoms with E-state index >= 15 is 0 Å². The molecular formula is C20H32O4. The monoisotopic (exact) mass is 336 g/mol. The second-order valence-electron chi connectivity index (χ2n) is 8.64. The predicted octanol–water partition coefficient (Wildman–Crippen LogP) is 3.83. The number of carbonyl (C=O) groups is 2. The Morgan fingerprint density at radius 2 is 1.96 bits per heavy atom. The van der Waals surface area contributed by atoms with Gasteiger partial charge in [0.05, 0.1) is 0 Å². The van der Waals surface area contributed by atoms with Crippen molar-refractivity contribution in [3.05, 3.63) is 11.6 Å². The molecule has 0 aromatic carbocycles. The van der Waals surface area contributed by atoms with E-state index in [4.69, 9.17) is 0 Å². The number of ketones is 1. The van der Waals surface area contributed by atoms with E-state index in [-0.39, 0.29) is 41.0 Å². The lowest BCUT2D eigenvalue weighted by Crippen LogP contribution is -2.51. The highest BCUT2D eigenvalue weighted by Crippen LogP contribution is 2.60. The molecule has 0 aromatic rings. The third kappa shape index (κ3) is 3.30. The van der Waals surface area contributed by atoms with Gasteiger partial charge in [0.15, 0.2) is 0 Å². The van der Waals surface area contributed by atoms with Gasteiger partial charge in [-0.25, -0.2) is 4.79 Å². The number of fused-ring (bicyclic) bond motifs is 1. The first-order valence-electron chi connectivity index (χ1n) is 9.22. The molecule has 0 aromatic heterocycles. The Bertz CT molecular complexity index is 536. The van der Waals surface area contributed by atoms with Crippen LogP contribution in [-0.4, -0.2) is 28.6 Å². The van der Waals surface area contributed by atoms with E-state index in [0.29, 0.717) is 24.8 Å². The third-order valence-corrected chi connectivity index (χ3v) is 6.78. The van der Waals surface area contributed by atoms with Crippen molar-refractivity contribution in [3.8, 4) is 0 Å². The summed E-state index contributed by atoms with van der Waals surface area (Å²) in [5.41, 5.74) is 0.163. The van der Waals surface area contributed by atoms with Crippen LogP contribution in [0, 0.1) is 28.6 Å². The molecule has 0 spiro atoms. The van der Waals surface area contributed by atoms with E-state index in [0.717, 1.165) is 19.3 Å². The van der Waals surface area contributed by atoms with Crippen LogP contribution < -0.4 is 0 Å². The summed E-state index contributed by atoms with van der Waals surface area (Å²) in [6.45, 7) is 8.24. The number of carbonyl (C=O) groups excluding carboxylic acids is 1. The summed E-state index contributed by atoms with van der Waals surface area (Å²) in [4.78, 5) is 23.9. The number of Topliss-reactive ketones (excluding diaryl/α,β-unsaturated/α-hetero) is 1. The van der Waals surface area contributed by atoms with Crippen molar-refractivity contribution in [2.75, 3.05) is 6.61 Å². The lowest BCUT2D eigenvalue weighted by molar-refractivity contribution is -0.137. The summed E-state index contributed by atoms with van der Waals surface area (Å²) in [6, 6.07) is 0. The van der Waals surface area contributed by atoms with Crippen molar-refractivity contribution >= 4 is 11.8 Å². The van der Waals surface area contributed by atoms with Gasteiger partial charge in [0.2, 0.25) is 0 Å². The van der Waals surface area contributed by atoms with Crippen LogP contribution in [0.2, 0.25) is 0 Å². The third-order valence-electron chi connectivity index (χ3n) is 6.78. The number of hydrogen-bond acceptors (Lipinski definition) is 3. The molecule has 2 aliphatic rings. The van der Waals surface area contributed by atoms with Crippen molar-refractivity contribution in [3.63, 3.8) is 0 Å². The van der Waals surface area contributed by atoms with Gasteiger partial charge in [0.1, 0.15) is 5.78 Å². The predicted molar refractivity (Wildman–Crippen MR) is 93.5 cm³/mol. The molecule has 2 N–H and O–H groups in total. The quantitative estimate of drug-likeness (QED) is 0.773. The minimum atomic E-state index is -0.854. The Morgan fingerprint density at radius 1 is 1.29 bits per heavy atom. The van der Waals surface area contributed by atoms with E-state index in [1.807, 2.05) is 19.9 Å². The summed E-state index contributed by atoms with van der Waals surface area (Å²) in [5.74, 6) is -0.503. The average Bonchev–Trinajstić information content (AvgIpc) is 2.51. The molecule has 0 amide bonds. The first-order valence-corrected chi connectivity index (χ1v) is 9.22. The van der Waals surface area contributed by atoms with Crippen molar-refractivity contribution in [1.82, 2.24) is 0 Å². The van der Waals surface area contributed by atoms with Gasteiger partial charge in [-0.15, -0.1) is 0 Å². The summed E-state index contributed by atoms with van der Waals surface area (Å²) in [6.07, 6.45) is 6.57. The molecule has 0 bridgehead atoms. The molecule has 0 unspecified atom stereocenters. The molecule has 24 heavy (non-hydrogen) atoms. The Morgan fingerprint density at radius 3 is 2.50 bits per heavy atom. The van der Waals surface area contributed by atoms with Crippen LogP contribution in [-0.2, 0) is 9.59 Å². The number of aliphatic carboxylic acids is 1. The molecule has 4 atom stereocenters. The fourth-order valence-corrected chi connectivity index (χ4v) is 5.22. The van der Waals surface area contributed by atoms with E-state index in [9.17, 15) is 19.8 Å². The number of aliphatic hydroxyl groups is 1. The summed E-state index contributed by atoms with van der Waals surface area (Å²) < 4.78 is 0. The summed E-state index contributed by atoms with van der Waals surface area (Å²) >= 11 is 0. The zero-order valence-corrected chi connectivity index (χ0v) is 15.5. The lowest BCUT2D eigenvalue weighted by atomic mass is 9.47. The smallest absolute Gasteiger partial charge is 0.331 e. The molecular weight excluding hydrogens is 304 g/mol. The Kier molecular flexibility index (Phi) is 5.58. The number of rotatable bonds is 6. The van der Waals surface area contributed by atoms with E-state index in [2.05, 4.69) is 13.8 Å². The van der Waals surface area contributed by atoms with Crippen LogP contribution >= 0.6 is 0 Å². The molecule has 2 rings (SSSR count). The van der Waals surface area contributed by atoms with Crippen molar-refractivity contribution < 1.29 is 19.8 Å². The molecule has 0 aliphatic heterocycles. The highest BCUT2D eigenvalue weighted by Gasteiger charge is 2.54. The molecule has 2 aliphatic carbocycles. The Labute approximate surface area is 145 Å². The second kappa shape index (κ2) is 6.99. The van der Waals surface area contributed by atoms with Crippen molar-refractivity contribution in [2.24, 2.45) is 28.6 Å². The number of aliphatic hydroxyl groups excluding tert-OH is 1. The zero-order valence-electron chi connectivity index (χ0n) is 15.5. The normalized spacial score (nSPS) is 36.2. The van der Waals surface area contributed by atoms with Gasteiger partial charge in [-0.1, -0.05) is 40.2 Å². The number of carboxylic acids is 1. The molecule has 4 heteroatoms. The summed E-state index contributed by atoms with van der Waals surface area (Å²) in [7, 11) is 0. The Hall–Kier alpha value is -1.16. The molecule has 136 valence electrons. The lowest BCUT2D eigenvalue weighted by Gasteiger charge is -2.57. The maximum atomic E-state index is 12.1. The van der Waals surface area contributed by atoms with Crippen LogP contribution in [0.15, 0.2) is 11.6 Å². The van der Waals surface area contributed by atoms with Gasteiger partial charge in [-0.3, -0.25) is 4.79 Å². The standard InChI is InChI=1S/C20H32O4/c1-13(2)16(22)8-7-15-14(18(23)24)6-9-17-19(3,12-21)10-5-11-20(15,17)4/h6,13,15,17,21H,5,7-12H2,1-4H3,(H,23,24)/t15-,17-,19-,20+/m1/s1. The van der Waals surface area contributed by atoms with Gasteiger partial charge in [-0.05, 0) is 48.3 Å². The number of carboxylic acid groups (broad SMARTS) is 1. The highest BCUT2D eigenvalue weighted by molar-refractivity contribution is 5.88. The van der Waals surface area contributed by atoms with Gasteiger partial charge in [0.25, 0.3) is 0 Å². The van der Waals surface area contributed by atoms with Gasteiger partial charge in [-0.2, -0.15) is 0 Å². The van der Waals surface area contributed by atoms with Crippen molar-refractivity contribution in [1.29, 1.82) is 0 Å². The first kappa shape index (κ1) is 19.2. The molecule has 4 nitrogen and oxygen atoms in total. The van der Waals surface area contributed by atoms with Crippen LogP contribution in [0.1, 0.15) is 66.2 Å². The van der Waals surface area contributed by atoms with E-state index in [1.54, 1.807) is 0 Å². The SMILES string of the molecule is CC(C)C(=O)CC[C@@H]1C(C(=O)O)=CC[C@@H]2[C@@](C)(CO)CCC[C@@]12C. The fourth-order valence-electron chi connectivity index (χ4n) is 5.22. The van der Waals surface area contributed by atoms with Gasteiger partial charge >= 0.3 is 5.97 Å². The molecule has 1 saturated carbocycles. The minimum absolute atomic E-state index is 0.0106. The highest BCUT2D eigenvalue weighted by atomic mass is 16.4. The van der Waals surface area contributed by atoms with Crippen LogP contribution in [0.4, 0.5) is 0 Å². The maximum Gasteiger partial charge on any atom is 0.331 e. The average molecular weight is 336 g/mol. The van der Waals surface area contributed by atoms with Gasteiger partial charge in [0, 0.05) is 24.5 Å². The number of hydrogen-bond donors (Lipinski definition) is 2. The van der Waals surface area contributed by atoms with E-state index < -0.39 is 5.97 Å². The van der Waals surface area contributed by atoms with Crippen molar-refractivity contribution in [2.45, 2.75) is 66.2 Å². The molecule has 0 heterocycles. The zero-order chi connectivity index (χ0) is 18.1. The van der Waals surface area contributed by atoms with E-state index in [1.165, 1.54) is 0 Å². The first-order chi connectivity index (χ1) is 11.2. The topological polar surface area (TPSA) is 74.6 Å².